The molecule has 1 aromatic carbocycles. The van der Waals surface area contributed by atoms with Crippen molar-refractivity contribution in [2.24, 2.45) is 17.1 Å². The van der Waals surface area contributed by atoms with Gasteiger partial charge in [0.15, 0.2) is 11.5 Å². The fourth-order valence-corrected chi connectivity index (χ4v) is 5.35. The lowest BCUT2D eigenvalue weighted by atomic mass is 9.72. The maximum absolute atomic E-state index is 12.5. The molecule has 0 bridgehead atoms. The summed E-state index contributed by atoms with van der Waals surface area (Å²) in [5, 5.41) is 3.41. The zero-order valence-electron chi connectivity index (χ0n) is 17.4. The highest BCUT2D eigenvalue weighted by Crippen LogP contribution is 2.44. The highest BCUT2D eigenvalue weighted by Gasteiger charge is 2.33. The summed E-state index contributed by atoms with van der Waals surface area (Å²) in [5.74, 6) is 1.10. The van der Waals surface area contributed by atoms with E-state index >= 15 is 0 Å². The van der Waals surface area contributed by atoms with E-state index in [1.54, 1.807) is 6.08 Å². The zero-order chi connectivity index (χ0) is 21.5. The number of benzene rings is 1. The Labute approximate surface area is 180 Å². The third-order valence-electron chi connectivity index (χ3n) is 5.80. The summed E-state index contributed by atoms with van der Waals surface area (Å²) >= 11 is 1.47. The highest BCUT2D eigenvalue weighted by atomic mass is 32.1. The van der Waals surface area contributed by atoms with Crippen molar-refractivity contribution in [2.45, 2.75) is 40.0 Å². The van der Waals surface area contributed by atoms with Crippen molar-refractivity contribution in [3.63, 3.8) is 0 Å². The number of thiophene rings is 1. The number of hydrogen-bond donors (Lipinski definition) is 2. The minimum Gasteiger partial charge on any atom is -0.454 e. The van der Waals surface area contributed by atoms with Gasteiger partial charge in [0.05, 0.1) is 5.56 Å². The van der Waals surface area contributed by atoms with Crippen molar-refractivity contribution in [2.75, 3.05) is 12.1 Å². The molecule has 0 spiro atoms. The Morgan fingerprint density at radius 1 is 1.23 bits per heavy atom. The number of amides is 2. The molecule has 1 aromatic heterocycles. The average molecular weight is 427 g/mol. The Balaban J connectivity index is 1.52. The van der Waals surface area contributed by atoms with Crippen LogP contribution in [0.4, 0.5) is 5.00 Å². The predicted octanol–water partition coefficient (Wildman–Crippen LogP) is 4.38. The van der Waals surface area contributed by atoms with Gasteiger partial charge in [0.1, 0.15) is 5.00 Å². The van der Waals surface area contributed by atoms with E-state index in [1.165, 1.54) is 17.4 Å². The molecule has 158 valence electrons. The molecule has 0 radical (unpaired) electrons. The second-order valence-electron chi connectivity index (χ2n) is 8.81. The molecule has 1 aliphatic heterocycles. The summed E-state index contributed by atoms with van der Waals surface area (Å²) in [6.07, 6.45) is 5.88. The summed E-state index contributed by atoms with van der Waals surface area (Å²) in [5.41, 5.74) is 8.16. The van der Waals surface area contributed by atoms with E-state index in [0.717, 1.165) is 35.3 Å². The fourth-order valence-electron chi connectivity index (χ4n) is 4.02. The van der Waals surface area contributed by atoms with Crippen LogP contribution in [0.15, 0.2) is 24.3 Å². The molecule has 0 saturated heterocycles. The first kappa shape index (κ1) is 20.5. The Kier molecular flexibility index (Phi) is 5.32. The molecule has 0 saturated carbocycles. The number of ether oxygens (including phenoxy) is 2. The summed E-state index contributed by atoms with van der Waals surface area (Å²) in [7, 11) is 0. The molecule has 30 heavy (non-hydrogen) atoms. The first-order valence-corrected chi connectivity index (χ1v) is 10.9. The lowest BCUT2D eigenvalue weighted by Gasteiger charge is -2.33. The minimum atomic E-state index is -0.489. The molecule has 7 heteroatoms. The summed E-state index contributed by atoms with van der Waals surface area (Å²) in [4.78, 5) is 25.8. The second kappa shape index (κ2) is 7.80. The average Bonchev–Trinajstić information content (AvgIpc) is 3.28. The van der Waals surface area contributed by atoms with Gasteiger partial charge < -0.3 is 20.5 Å². The molecule has 1 aliphatic carbocycles. The highest BCUT2D eigenvalue weighted by molar-refractivity contribution is 7.17. The molecule has 1 unspecified atom stereocenters. The number of carbonyl (C=O) groups excluding carboxylic acids is 2. The smallest absolute Gasteiger partial charge is 0.251 e. The monoisotopic (exact) mass is 426 g/mol. The largest absolute Gasteiger partial charge is 0.454 e. The molecule has 0 fully saturated rings. The number of hydrogen-bond acceptors (Lipinski definition) is 5. The normalized spacial score (nSPS) is 17.8. The number of carbonyl (C=O) groups is 2. The first-order valence-electron chi connectivity index (χ1n) is 10.1. The van der Waals surface area contributed by atoms with Gasteiger partial charge in [-0.3, -0.25) is 9.59 Å². The molecule has 2 aliphatic rings. The van der Waals surface area contributed by atoms with Crippen LogP contribution < -0.4 is 20.5 Å². The van der Waals surface area contributed by atoms with Gasteiger partial charge in [-0.1, -0.05) is 26.8 Å². The number of rotatable bonds is 4. The van der Waals surface area contributed by atoms with Crippen LogP contribution in [0.5, 0.6) is 11.5 Å². The van der Waals surface area contributed by atoms with Gasteiger partial charge in [0.2, 0.25) is 12.7 Å². The van der Waals surface area contributed by atoms with Crippen LogP contribution in [0.2, 0.25) is 0 Å². The van der Waals surface area contributed by atoms with E-state index in [9.17, 15) is 9.59 Å². The van der Waals surface area contributed by atoms with Gasteiger partial charge in [-0.2, -0.15) is 0 Å². The molecular weight excluding hydrogens is 400 g/mol. The minimum absolute atomic E-state index is 0.200. The third kappa shape index (κ3) is 4.07. The Bertz CT molecular complexity index is 1030. The van der Waals surface area contributed by atoms with Crippen LogP contribution >= 0.6 is 11.3 Å². The number of anilines is 1. The fraction of sp³-hybridized carbons (Fsp3) is 0.391. The van der Waals surface area contributed by atoms with E-state index in [4.69, 9.17) is 15.2 Å². The molecule has 2 aromatic rings. The van der Waals surface area contributed by atoms with E-state index in [1.807, 2.05) is 18.2 Å². The van der Waals surface area contributed by atoms with E-state index in [2.05, 4.69) is 26.1 Å². The van der Waals surface area contributed by atoms with Gasteiger partial charge in [-0.25, -0.2) is 0 Å². The van der Waals surface area contributed by atoms with Crippen molar-refractivity contribution < 1.29 is 19.1 Å². The second-order valence-corrected chi connectivity index (χ2v) is 9.92. The first-order chi connectivity index (χ1) is 14.2. The van der Waals surface area contributed by atoms with E-state index in [0.29, 0.717) is 28.0 Å². The lowest BCUT2D eigenvalue weighted by molar-refractivity contribution is -0.111. The van der Waals surface area contributed by atoms with Crippen LogP contribution in [-0.2, 0) is 17.6 Å². The van der Waals surface area contributed by atoms with Crippen molar-refractivity contribution in [3.8, 4) is 11.5 Å². The zero-order valence-corrected chi connectivity index (χ0v) is 18.2. The summed E-state index contributed by atoms with van der Waals surface area (Å²) < 4.78 is 10.7. The molecule has 2 heterocycles. The van der Waals surface area contributed by atoms with Gasteiger partial charge >= 0.3 is 0 Å². The summed E-state index contributed by atoms with van der Waals surface area (Å²) in [6.45, 7) is 6.94. The third-order valence-corrected chi connectivity index (χ3v) is 6.97. The molecule has 3 N–H and O–H groups in total. The van der Waals surface area contributed by atoms with Crippen LogP contribution in [0, 0.1) is 11.3 Å². The standard InChI is InChI=1S/C23H26N2O4S/c1-23(2,3)14-6-7-15-18(11-14)30-22(20(15)21(24)27)25-19(26)9-5-13-4-8-16-17(10-13)29-12-28-16/h4-5,8-10,14H,6-7,11-12H2,1-3H3,(H2,24,27)(H,25,26). The molecule has 6 nitrogen and oxygen atoms in total. The maximum Gasteiger partial charge on any atom is 0.251 e. The van der Waals surface area contributed by atoms with Crippen LogP contribution in [0.3, 0.4) is 0 Å². The molecule has 1 atom stereocenters. The van der Waals surface area contributed by atoms with Gasteiger partial charge in [-0.15, -0.1) is 11.3 Å². The van der Waals surface area contributed by atoms with Crippen LogP contribution in [0.25, 0.3) is 6.08 Å². The topological polar surface area (TPSA) is 90.7 Å². The Morgan fingerprint density at radius 3 is 2.73 bits per heavy atom. The predicted molar refractivity (Wildman–Crippen MR) is 118 cm³/mol. The molecule has 2 amide bonds. The summed E-state index contributed by atoms with van der Waals surface area (Å²) in [6, 6.07) is 5.48. The Morgan fingerprint density at radius 2 is 2.00 bits per heavy atom. The number of nitrogens with two attached hydrogens (primary N) is 1. The number of nitrogens with one attached hydrogen (secondary N) is 1. The number of fused-ring (bicyclic) bond motifs is 2. The van der Waals surface area contributed by atoms with Crippen molar-refractivity contribution in [1.82, 2.24) is 0 Å². The van der Waals surface area contributed by atoms with Gasteiger partial charge in [0, 0.05) is 11.0 Å². The van der Waals surface area contributed by atoms with Gasteiger partial charge in [0.25, 0.3) is 5.91 Å². The molecule has 4 rings (SSSR count). The van der Waals surface area contributed by atoms with Gasteiger partial charge in [-0.05, 0) is 59.9 Å². The Hall–Kier alpha value is -2.80. The van der Waals surface area contributed by atoms with E-state index in [-0.39, 0.29) is 18.1 Å². The van der Waals surface area contributed by atoms with E-state index < -0.39 is 5.91 Å². The van der Waals surface area contributed by atoms with Crippen LogP contribution in [0.1, 0.15) is 53.6 Å². The number of primary amides is 1. The van der Waals surface area contributed by atoms with Crippen molar-refractivity contribution >= 4 is 34.2 Å². The lowest BCUT2D eigenvalue weighted by Crippen LogP contribution is -2.27. The van der Waals surface area contributed by atoms with Crippen molar-refractivity contribution in [3.05, 3.63) is 45.8 Å². The van der Waals surface area contributed by atoms with Crippen LogP contribution in [-0.4, -0.2) is 18.6 Å². The SMILES string of the molecule is CC(C)(C)C1CCc2c(sc(NC(=O)C=Cc3ccc4c(c3)OCO4)c2C(N)=O)C1. The quantitative estimate of drug-likeness (QED) is 0.710. The molecular formula is C23H26N2O4S. The van der Waals surface area contributed by atoms with Crippen molar-refractivity contribution in [1.29, 1.82) is 0 Å². The maximum atomic E-state index is 12.5.